The zero-order valence-electron chi connectivity index (χ0n) is 7.69. The summed E-state index contributed by atoms with van der Waals surface area (Å²) in [5, 5.41) is 0. The highest BCUT2D eigenvalue weighted by Gasteiger charge is 2.33. The maximum absolute atomic E-state index is 5.62. The molecule has 0 aromatic carbocycles. The Labute approximate surface area is 73.0 Å². The summed E-state index contributed by atoms with van der Waals surface area (Å²) in [5.41, 5.74) is 0. The minimum Gasteiger partial charge on any atom is -0.359 e. The van der Waals surface area contributed by atoms with Crippen LogP contribution in [-0.4, -0.2) is 62.7 Å². The van der Waals surface area contributed by atoms with Crippen molar-refractivity contribution < 1.29 is 9.47 Å². The number of hydrogen-bond donors (Lipinski definition) is 0. The number of hydrogen-bond acceptors (Lipinski definition) is 4. The van der Waals surface area contributed by atoms with E-state index < -0.39 is 0 Å². The van der Waals surface area contributed by atoms with E-state index in [1.54, 1.807) is 0 Å². The molecule has 4 nitrogen and oxygen atoms in total. The number of rotatable bonds is 0. The number of likely N-dealkylation sites (N-methyl/N-ethyl adjacent to an activating group) is 2. The van der Waals surface area contributed by atoms with Gasteiger partial charge in [0.05, 0.1) is 25.7 Å². The van der Waals surface area contributed by atoms with Gasteiger partial charge in [-0.25, -0.2) is 0 Å². The lowest BCUT2D eigenvalue weighted by atomic mass is 10.1. The largest absolute Gasteiger partial charge is 0.359 e. The summed E-state index contributed by atoms with van der Waals surface area (Å²) in [7, 11) is 4.11. The minimum atomic E-state index is 0.278. The summed E-state index contributed by atoms with van der Waals surface area (Å²) >= 11 is 0. The molecule has 0 bridgehead atoms. The second-order valence-electron chi connectivity index (χ2n) is 3.75. The average Bonchev–Trinajstić information content (AvgIpc) is 2.05. The first-order chi connectivity index (χ1) is 5.75. The van der Waals surface area contributed by atoms with Crippen LogP contribution in [0.4, 0.5) is 0 Å². The molecule has 0 N–H and O–H groups in total. The van der Waals surface area contributed by atoms with Crippen molar-refractivity contribution in [2.45, 2.75) is 12.2 Å². The van der Waals surface area contributed by atoms with E-state index >= 15 is 0 Å². The first kappa shape index (κ1) is 8.44. The molecule has 2 aliphatic rings. The molecule has 70 valence electrons. The van der Waals surface area contributed by atoms with Crippen LogP contribution in [0.5, 0.6) is 0 Å². The van der Waals surface area contributed by atoms with Gasteiger partial charge in [-0.3, -0.25) is 9.80 Å². The van der Waals surface area contributed by atoms with Gasteiger partial charge in [-0.15, -0.1) is 0 Å². The zero-order valence-corrected chi connectivity index (χ0v) is 7.69. The van der Waals surface area contributed by atoms with Gasteiger partial charge in [0.1, 0.15) is 0 Å². The SMILES string of the molecule is CN1CO[C@H]2CN(C)CO[C@H]2C1. The van der Waals surface area contributed by atoms with E-state index in [0.29, 0.717) is 0 Å². The highest BCUT2D eigenvalue weighted by atomic mass is 16.6. The predicted octanol–water partition coefficient (Wildman–Crippen LogP) is -0.437. The lowest BCUT2D eigenvalue weighted by Crippen LogP contribution is -2.56. The second-order valence-corrected chi connectivity index (χ2v) is 3.75. The van der Waals surface area contributed by atoms with E-state index in [9.17, 15) is 0 Å². The molecule has 2 fully saturated rings. The Morgan fingerprint density at radius 2 is 1.33 bits per heavy atom. The molecule has 0 aromatic rings. The molecular formula is C8H16N2O2. The number of ether oxygens (including phenoxy) is 2. The standard InChI is InChI=1S/C8H16N2O2/c1-9-3-7-8(11-5-9)4-10(2)6-12-7/h7-8H,3-6H2,1-2H3/t7-,8-/m0/s1. The van der Waals surface area contributed by atoms with Gasteiger partial charge in [0.2, 0.25) is 0 Å². The molecule has 2 heterocycles. The molecule has 4 heteroatoms. The minimum absolute atomic E-state index is 0.278. The van der Waals surface area contributed by atoms with Crippen LogP contribution >= 0.6 is 0 Å². The molecule has 2 aliphatic heterocycles. The predicted molar refractivity (Wildman–Crippen MR) is 44.7 cm³/mol. The van der Waals surface area contributed by atoms with Gasteiger partial charge in [-0.1, -0.05) is 0 Å². The van der Waals surface area contributed by atoms with Crippen molar-refractivity contribution in [2.75, 3.05) is 40.6 Å². The van der Waals surface area contributed by atoms with Crippen LogP contribution in [0.2, 0.25) is 0 Å². The van der Waals surface area contributed by atoms with E-state index in [4.69, 9.17) is 9.47 Å². The van der Waals surface area contributed by atoms with Gasteiger partial charge in [0, 0.05) is 13.1 Å². The number of nitrogens with zero attached hydrogens (tertiary/aromatic N) is 2. The van der Waals surface area contributed by atoms with Gasteiger partial charge < -0.3 is 9.47 Å². The summed E-state index contributed by atoms with van der Waals surface area (Å²) in [5.74, 6) is 0. The van der Waals surface area contributed by atoms with Gasteiger partial charge in [-0.2, -0.15) is 0 Å². The fourth-order valence-corrected chi connectivity index (χ4v) is 1.72. The van der Waals surface area contributed by atoms with Crippen LogP contribution in [0.15, 0.2) is 0 Å². The third-order valence-electron chi connectivity index (χ3n) is 2.42. The normalized spacial score (nSPS) is 39.5. The van der Waals surface area contributed by atoms with Gasteiger partial charge >= 0.3 is 0 Å². The van der Waals surface area contributed by atoms with Crippen LogP contribution in [0.25, 0.3) is 0 Å². The molecule has 0 aliphatic carbocycles. The van der Waals surface area contributed by atoms with Crippen LogP contribution < -0.4 is 0 Å². The lowest BCUT2D eigenvalue weighted by molar-refractivity contribution is -0.199. The van der Waals surface area contributed by atoms with Crippen molar-refractivity contribution in [3.8, 4) is 0 Å². The summed E-state index contributed by atoms with van der Waals surface area (Å²) in [6.07, 6.45) is 0.555. The van der Waals surface area contributed by atoms with Crippen molar-refractivity contribution in [3.05, 3.63) is 0 Å². The van der Waals surface area contributed by atoms with Gasteiger partial charge in [0.25, 0.3) is 0 Å². The Bertz CT molecular complexity index is 147. The fourth-order valence-electron chi connectivity index (χ4n) is 1.72. The quantitative estimate of drug-likeness (QED) is 0.494. The Hall–Kier alpha value is -0.160. The average molecular weight is 172 g/mol. The maximum atomic E-state index is 5.62. The molecule has 0 amide bonds. The van der Waals surface area contributed by atoms with E-state index in [0.717, 1.165) is 26.6 Å². The van der Waals surface area contributed by atoms with E-state index in [2.05, 4.69) is 23.9 Å². The van der Waals surface area contributed by atoms with Crippen molar-refractivity contribution >= 4 is 0 Å². The molecule has 0 unspecified atom stereocenters. The smallest absolute Gasteiger partial charge is 0.0994 e. The number of fused-ring (bicyclic) bond motifs is 1. The van der Waals surface area contributed by atoms with Gasteiger partial charge in [-0.05, 0) is 14.1 Å². The van der Waals surface area contributed by atoms with Crippen LogP contribution in [0.1, 0.15) is 0 Å². The highest BCUT2D eigenvalue weighted by molar-refractivity contribution is 4.81. The van der Waals surface area contributed by atoms with Crippen molar-refractivity contribution in [1.82, 2.24) is 9.80 Å². The zero-order chi connectivity index (χ0) is 8.55. The molecule has 0 radical (unpaired) electrons. The Morgan fingerprint density at radius 1 is 0.917 bits per heavy atom. The van der Waals surface area contributed by atoms with Crippen LogP contribution in [0.3, 0.4) is 0 Å². The molecule has 2 saturated heterocycles. The molecular weight excluding hydrogens is 156 g/mol. The summed E-state index contributed by atoms with van der Waals surface area (Å²) < 4.78 is 11.2. The second kappa shape index (κ2) is 3.30. The highest BCUT2D eigenvalue weighted by Crippen LogP contribution is 2.17. The summed E-state index contributed by atoms with van der Waals surface area (Å²) in [6.45, 7) is 3.47. The molecule has 0 aromatic heterocycles. The topological polar surface area (TPSA) is 24.9 Å². The van der Waals surface area contributed by atoms with Crippen molar-refractivity contribution in [3.63, 3.8) is 0 Å². The Morgan fingerprint density at radius 3 is 1.75 bits per heavy atom. The van der Waals surface area contributed by atoms with Crippen molar-refractivity contribution in [1.29, 1.82) is 0 Å². The Balaban J connectivity index is 1.94. The molecule has 0 spiro atoms. The van der Waals surface area contributed by atoms with Crippen LogP contribution in [0, 0.1) is 0 Å². The third-order valence-corrected chi connectivity index (χ3v) is 2.42. The summed E-state index contributed by atoms with van der Waals surface area (Å²) in [4.78, 5) is 4.29. The van der Waals surface area contributed by atoms with E-state index in [-0.39, 0.29) is 12.2 Å². The third kappa shape index (κ3) is 1.61. The van der Waals surface area contributed by atoms with E-state index in [1.807, 2.05) is 0 Å². The summed E-state index contributed by atoms with van der Waals surface area (Å²) in [6, 6.07) is 0. The Kier molecular flexibility index (Phi) is 2.32. The molecule has 2 rings (SSSR count). The van der Waals surface area contributed by atoms with E-state index in [1.165, 1.54) is 0 Å². The maximum Gasteiger partial charge on any atom is 0.0994 e. The molecule has 0 saturated carbocycles. The molecule has 12 heavy (non-hydrogen) atoms. The van der Waals surface area contributed by atoms with Crippen LogP contribution in [-0.2, 0) is 9.47 Å². The van der Waals surface area contributed by atoms with Crippen molar-refractivity contribution in [2.24, 2.45) is 0 Å². The lowest BCUT2D eigenvalue weighted by Gasteiger charge is -2.42. The first-order valence-corrected chi connectivity index (χ1v) is 4.36. The van der Waals surface area contributed by atoms with Gasteiger partial charge in [0.15, 0.2) is 0 Å². The fraction of sp³-hybridized carbons (Fsp3) is 1.00. The molecule has 2 atom stereocenters. The first-order valence-electron chi connectivity index (χ1n) is 4.36. The monoisotopic (exact) mass is 172 g/mol.